The van der Waals surface area contributed by atoms with Gasteiger partial charge in [-0.05, 0) is 25.1 Å². The van der Waals surface area contributed by atoms with Gasteiger partial charge in [-0.1, -0.05) is 50.6 Å². The minimum absolute atomic E-state index is 0.521. The molecular formula is C14H21NO2. The topological polar surface area (TPSA) is 40.5 Å². The Labute approximate surface area is 103 Å². The molecular weight excluding hydrogens is 214 g/mol. The second kappa shape index (κ2) is 7.07. The van der Waals surface area contributed by atoms with Crippen LogP contribution < -0.4 is 0 Å². The lowest BCUT2D eigenvalue weighted by molar-refractivity contribution is -0.143. The Balaban J connectivity index is 2.87. The van der Waals surface area contributed by atoms with Crippen LogP contribution in [0, 0.1) is 0 Å². The third-order valence-electron chi connectivity index (χ3n) is 2.92. The van der Waals surface area contributed by atoms with E-state index in [0.29, 0.717) is 0 Å². The molecule has 3 nitrogen and oxygen atoms in total. The van der Waals surface area contributed by atoms with Crippen LogP contribution in [0.4, 0.5) is 0 Å². The number of carbonyl (C=O) groups is 1. The van der Waals surface area contributed by atoms with Crippen LogP contribution in [0.1, 0.15) is 38.3 Å². The average molecular weight is 235 g/mol. The predicted molar refractivity (Wildman–Crippen MR) is 69.0 cm³/mol. The highest BCUT2D eigenvalue weighted by molar-refractivity contribution is 5.75. The van der Waals surface area contributed by atoms with Gasteiger partial charge in [-0.2, -0.15) is 0 Å². The number of aliphatic carboxylic acids is 1. The smallest absolute Gasteiger partial charge is 0.325 e. The summed E-state index contributed by atoms with van der Waals surface area (Å²) in [6.45, 7) is 5.71. The summed E-state index contributed by atoms with van der Waals surface area (Å²) >= 11 is 0. The number of hydrogen-bond acceptors (Lipinski definition) is 2. The Morgan fingerprint density at radius 2 is 1.94 bits per heavy atom. The summed E-state index contributed by atoms with van der Waals surface area (Å²) in [6, 6.07) is 8.93. The molecule has 0 aliphatic carbocycles. The summed E-state index contributed by atoms with van der Waals surface area (Å²) in [5.41, 5.74) is 0.859. The molecule has 1 aromatic carbocycles. The molecule has 0 amide bonds. The molecule has 0 saturated heterocycles. The first-order valence-corrected chi connectivity index (χ1v) is 6.22. The van der Waals surface area contributed by atoms with E-state index in [4.69, 9.17) is 0 Å². The number of rotatable bonds is 7. The number of likely N-dealkylation sites (N-methyl/N-ethyl adjacent to an activating group) is 1. The van der Waals surface area contributed by atoms with Gasteiger partial charge >= 0.3 is 5.97 Å². The molecule has 0 saturated carbocycles. The van der Waals surface area contributed by atoms with Crippen LogP contribution in [0.3, 0.4) is 0 Å². The molecule has 0 fully saturated rings. The van der Waals surface area contributed by atoms with Gasteiger partial charge in [0.2, 0.25) is 0 Å². The van der Waals surface area contributed by atoms with Crippen molar-refractivity contribution in [3.63, 3.8) is 0 Å². The Bertz CT molecular complexity index is 337. The first-order chi connectivity index (χ1) is 8.20. The number of unbranched alkanes of at least 4 members (excludes halogenated alkanes) is 1. The van der Waals surface area contributed by atoms with E-state index < -0.39 is 12.0 Å². The first kappa shape index (κ1) is 13.7. The zero-order chi connectivity index (χ0) is 12.7. The zero-order valence-corrected chi connectivity index (χ0v) is 10.6. The monoisotopic (exact) mass is 235 g/mol. The molecule has 1 rings (SSSR count). The van der Waals surface area contributed by atoms with Crippen molar-refractivity contribution in [2.75, 3.05) is 13.1 Å². The fourth-order valence-electron chi connectivity index (χ4n) is 1.98. The summed E-state index contributed by atoms with van der Waals surface area (Å²) in [5, 5.41) is 9.39. The third kappa shape index (κ3) is 3.86. The summed E-state index contributed by atoms with van der Waals surface area (Å²) in [5.74, 6) is -0.769. The maximum Gasteiger partial charge on any atom is 0.325 e. The fraction of sp³-hybridized carbons (Fsp3) is 0.500. The second-order valence-electron chi connectivity index (χ2n) is 4.13. The number of carboxylic acid groups (broad SMARTS) is 1. The summed E-state index contributed by atoms with van der Waals surface area (Å²) in [6.07, 6.45) is 2.11. The molecule has 1 atom stereocenters. The van der Waals surface area contributed by atoms with Crippen LogP contribution in [0.2, 0.25) is 0 Å². The van der Waals surface area contributed by atoms with Crippen molar-refractivity contribution in [2.24, 2.45) is 0 Å². The Morgan fingerprint density at radius 1 is 1.29 bits per heavy atom. The quantitative estimate of drug-likeness (QED) is 0.790. The van der Waals surface area contributed by atoms with Gasteiger partial charge < -0.3 is 5.11 Å². The third-order valence-corrected chi connectivity index (χ3v) is 2.92. The molecule has 17 heavy (non-hydrogen) atoms. The van der Waals surface area contributed by atoms with E-state index in [9.17, 15) is 9.90 Å². The van der Waals surface area contributed by atoms with Crippen molar-refractivity contribution < 1.29 is 9.90 Å². The number of carboxylic acids is 1. The lowest BCUT2D eigenvalue weighted by atomic mass is 10.1. The summed E-state index contributed by atoms with van der Waals surface area (Å²) < 4.78 is 0. The molecule has 0 heterocycles. The van der Waals surface area contributed by atoms with Crippen molar-refractivity contribution in [3.05, 3.63) is 35.9 Å². The standard InChI is InChI=1S/C14H21NO2/c1-3-5-11-15(4-2)13(14(16)17)12-9-7-6-8-10-12/h6-10,13H,3-5,11H2,1-2H3,(H,16,17)/t13-/m0/s1. The van der Waals surface area contributed by atoms with Gasteiger partial charge in [0, 0.05) is 0 Å². The molecule has 3 heteroatoms. The SMILES string of the molecule is CCCCN(CC)[C@H](C(=O)O)c1ccccc1. The predicted octanol–water partition coefficient (Wildman–Crippen LogP) is 2.93. The van der Waals surface area contributed by atoms with E-state index >= 15 is 0 Å². The Kier molecular flexibility index (Phi) is 5.70. The fourth-order valence-corrected chi connectivity index (χ4v) is 1.98. The highest BCUT2D eigenvalue weighted by atomic mass is 16.4. The summed E-state index contributed by atoms with van der Waals surface area (Å²) in [4.78, 5) is 13.4. The van der Waals surface area contributed by atoms with E-state index in [1.54, 1.807) is 0 Å². The van der Waals surface area contributed by atoms with Crippen LogP contribution in [-0.2, 0) is 4.79 Å². The van der Waals surface area contributed by atoms with Gasteiger partial charge in [-0.3, -0.25) is 9.69 Å². The largest absolute Gasteiger partial charge is 0.480 e. The van der Waals surface area contributed by atoms with Crippen LogP contribution in [0.15, 0.2) is 30.3 Å². The van der Waals surface area contributed by atoms with Gasteiger partial charge in [0.1, 0.15) is 6.04 Å². The molecule has 0 radical (unpaired) electrons. The highest BCUT2D eigenvalue weighted by Crippen LogP contribution is 2.21. The lowest BCUT2D eigenvalue weighted by Gasteiger charge is -2.27. The van der Waals surface area contributed by atoms with Gasteiger partial charge in [0.15, 0.2) is 0 Å². The minimum atomic E-state index is -0.769. The first-order valence-electron chi connectivity index (χ1n) is 6.22. The number of nitrogens with zero attached hydrogens (tertiary/aromatic N) is 1. The van der Waals surface area contributed by atoms with Crippen LogP contribution in [0.25, 0.3) is 0 Å². The van der Waals surface area contributed by atoms with Crippen LogP contribution in [0.5, 0.6) is 0 Å². The molecule has 0 aliphatic heterocycles. The molecule has 1 aromatic rings. The molecule has 1 N–H and O–H groups in total. The number of hydrogen-bond donors (Lipinski definition) is 1. The van der Waals surface area contributed by atoms with Crippen molar-refractivity contribution in [1.82, 2.24) is 4.90 Å². The van der Waals surface area contributed by atoms with E-state index in [-0.39, 0.29) is 0 Å². The van der Waals surface area contributed by atoms with Gasteiger partial charge in [0.05, 0.1) is 0 Å². The molecule has 94 valence electrons. The van der Waals surface area contributed by atoms with E-state index in [1.165, 1.54) is 0 Å². The average Bonchev–Trinajstić information content (AvgIpc) is 2.35. The normalized spacial score (nSPS) is 12.6. The number of benzene rings is 1. The molecule has 0 aliphatic rings. The van der Waals surface area contributed by atoms with E-state index in [0.717, 1.165) is 31.5 Å². The molecule has 0 aromatic heterocycles. The Morgan fingerprint density at radius 3 is 2.41 bits per heavy atom. The zero-order valence-electron chi connectivity index (χ0n) is 10.6. The Hall–Kier alpha value is -1.35. The second-order valence-corrected chi connectivity index (χ2v) is 4.13. The van der Waals surface area contributed by atoms with Gasteiger partial charge in [-0.15, -0.1) is 0 Å². The van der Waals surface area contributed by atoms with Gasteiger partial charge in [0.25, 0.3) is 0 Å². The summed E-state index contributed by atoms with van der Waals surface area (Å²) in [7, 11) is 0. The minimum Gasteiger partial charge on any atom is -0.480 e. The van der Waals surface area contributed by atoms with E-state index in [2.05, 4.69) is 6.92 Å². The highest BCUT2D eigenvalue weighted by Gasteiger charge is 2.25. The van der Waals surface area contributed by atoms with Crippen molar-refractivity contribution in [2.45, 2.75) is 32.7 Å². The van der Waals surface area contributed by atoms with Crippen molar-refractivity contribution in [3.8, 4) is 0 Å². The van der Waals surface area contributed by atoms with E-state index in [1.807, 2.05) is 42.2 Å². The van der Waals surface area contributed by atoms with Gasteiger partial charge in [-0.25, -0.2) is 0 Å². The van der Waals surface area contributed by atoms with Crippen LogP contribution >= 0.6 is 0 Å². The lowest BCUT2D eigenvalue weighted by Crippen LogP contribution is -2.34. The maximum absolute atomic E-state index is 11.4. The molecule has 0 unspecified atom stereocenters. The molecule has 0 bridgehead atoms. The maximum atomic E-state index is 11.4. The van der Waals surface area contributed by atoms with Crippen molar-refractivity contribution in [1.29, 1.82) is 0 Å². The van der Waals surface area contributed by atoms with Crippen LogP contribution in [-0.4, -0.2) is 29.1 Å². The molecule has 0 spiro atoms. The van der Waals surface area contributed by atoms with Crippen molar-refractivity contribution >= 4 is 5.97 Å².